The summed E-state index contributed by atoms with van der Waals surface area (Å²) in [7, 11) is 2.02. The predicted octanol–water partition coefficient (Wildman–Crippen LogP) is 1.68. The molecule has 94 valence electrons. The average molecular weight is 301 g/mol. The van der Waals surface area contributed by atoms with Gasteiger partial charge in [-0.2, -0.15) is 0 Å². The van der Waals surface area contributed by atoms with Crippen LogP contribution in [0.3, 0.4) is 0 Å². The molecule has 2 N–H and O–H groups in total. The number of anilines is 2. The van der Waals surface area contributed by atoms with Crippen molar-refractivity contribution in [1.82, 2.24) is 9.97 Å². The molecule has 0 spiro atoms. The van der Waals surface area contributed by atoms with Gasteiger partial charge < -0.3 is 15.4 Å². The summed E-state index contributed by atoms with van der Waals surface area (Å²) < 4.78 is 6.24. The number of ether oxygens (including phenoxy) is 1. The van der Waals surface area contributed by atoms with E-state index in [1.807, 2.05) is 7.05 Å². The molecule has 5 nitrogen and oxygen atoms in total. The lowest BCUT2D eigenvalue weighted by Gasteiger charge is -2.28. The van der Waals surface area contributed by atoms with Crippen molar-refractivity contribution in [3.8, 4) is 0 Å². The Morgan fingerprint density at radius 3 is 3.12 bits per heavy atom. The standard InChI is InChI=1S/C11H17BrN4O/c1-16(5-8-3-2-4-17-6-8)11-9(12)10(13)14-7-15-11/h7-8H,2-6H2,1H3,(H2,13,14,15). The molecule has 0 bridgehead atoms. The van der Waals surface area contributed by atoms with E-state index >= 15 is 0 Å². The van der Waals surface area contributed by atoms with Crippen molar-refractivity contribution in [3.05, 3.63) is 10.8 Å². The molecule has 1 aromatic rings. The van der Waals surface area contributed by atoms with Crippen LogP contribution in [-0.2, 0) is 4.74 Å². The molecule has 1 atom stereocenters. The van der Waals surface area contributed by atoms with Gasteiger partial charge in [0.2, 0.25) is 0 Å². The minimum atomic E-state index is 0.474. The van der Waals surface area contributed by atoms with Crippen molar-refractivity contribution in [2.45, 2.75) is 12.8 Å². The highest BCUT2D eigenvalue weighted by Gasteiger charge is 2.18. The molecule has 1 unspecified atom stereocenters. The van der Waals surface area contributed by atoms with E-state index in [9.17, 15) is 0 Å². The zero-order valence-electron chi connectivity index (χ0n) is 9.90. The van der Waals surface area contributed by atoms with Gasteiger partial charge in [0.15, 0.2) is 0 Å². The van der Waals surface area contributed by atoms with Gasteiger partial charge in [-0.1, -0.05) is 0 Å². The van der Waals surface area contributed by atoms with Crippen LogP contribution >= 0.6 is 15.9 Å². The third kappa shape index (κ3) is 3.07. The van der Waals surface area contributed by atoms with Crippen LogP contribution in [-0.4, -0.2) is 36.8 Å². The second-order valence-corrected chi connectivity index (χ2v) is 5.15. The minimum absolute atomic E-state index is 0.474. The maximum absolute atomic E-state index is 5.74. The molecule has 6 heteroatoms. The fourth-order valence-electron chi connectivity index (χ4n) is 2.06. The third-order valence-electron chi connectivity index (χ3n) is 2.95. The summed E-state index contributed by atoms with van der Waals surface area (Å²) in [5.74, 6) is 1.88. The topological polar surface area (TPSA) is 64.3 Å². The van der Waals surface area contributed by atoms with Gasteiger partial charge in [0.1, 0.15) is 22.4 Å². The third-order valence-corrected chi connectivity index (χ3v) is 3.71. The van der Waals surface area contributed by atoms with Crippen LogP contribution < -0.4 is 10.6 Å². The van der Waals surface area contributed by atoms with Gasteiger partial charge in [-0.3, -0.25) is 0 Å². The Morgan fingerprint density at radius 1 is 1.59 bits per heavy atom. The number of hydrogen-bond acceptors (Lipinski definition) is 5. The van der Waals surface area contributed by atoms with Crippen LogP contribution in [0, 0.1) is 5.92 Å². The number of hydrogen-bond donors (Lipinski definition) is 1. The van der Waals surface area contributed by atoms with E-state index in [1.165, 1.54) is 12.7 Å². The molecular weight excluding hydrogens is 284 g/mol. The monoisotopic (exact) mass is 300 g/mol. The first kappa shape index (κ1) is 12.6. The first-order chi connectivity index (χ1) is 8.18. The fraction of sp³-hybridized carbons (Fsp3) is 0.636. The Morgan fingerprint density at radius 2 is 2.41 bits per heavy atom. The van der Waals surface area contributed by atoms with E-state index in [0.29, 0.717) is 11.7 Å². The molecule has 1 aliphatic heterocycles. The highest BCUT2D eigenvalue weighted by molar-refractivity contribution is 9.10. The largest absolute Gasteiger partial charge is 0.383 e. The molecular formula is C11H17BrN4O. The van der Waals surface area contributed by atoms with E-state index in [0.717, 1.165) is 36.5 Å². The number of nitrogens with two attached hydrogens (primary N) is 1. The van der Waals surface area contributed by atoms with Gasteiger partial charge in [0.05, 0.1) is 6.61 Å². The molecule has 2 rings (SSSR count). The molecule has 1 aliphatic rings. The zero-order valence-corrected chi connectivity index (χ0v) is 11.5. The highest BCUT2D eigenvalue weighted by atomic mass is 79.9. The van der Waals surface area contributed by atoms with Crippen molar-refractivity contribution >= 4 is 27.6 Å². The van der Waals surface area contributed by atoms with Crippen molar-refractivity contribution in [2.75, 3.05) is 37.4 Å². The predicted molar refractivity (Wildman–Crippen MR) is 71.0 cm³/mol. The van der Waals surface area contributed by atoms with E-state index in [2.05, 4.69) is 30.8 Å². The Labute approximate surface area is 110 Å². The van der Waals surface area contributed by atoms with Crippen molar-refractivity contribution in [3.63, 3.8) is 0 Å². The van der Waals surface area contributed by atoms with Crippen molar-refractivity contribution in [2.24, 2.45) is 5.92 Å². The maximum atomic E-state index is 5.74. The highest BCUT2D eigenvalue weighted by Crippen LogP contribution is 2.27. The van der Waals surface area contributed by atoms with E-state index in [-0.39, 0.29) is 0 Å². The van der Waals surface area contributed by atoms with Gasteiger partial charge in [-0.25, -0.2) is 9.97 Å². The van der Waals surface area contributed by atoms with Crippen LogP contribution in [0.5, 0.6) is 0 Å². The fourth-order valence-corrected chi connectivity index (χ4v) is 2.57. The Hall–Kier alpha value is -0.880. The van der Waals surface area contributed by atoms with E-state index < -0.39 is 0 Å². The normalized spacial score (nSPS) is 20.2. The summed E-state index contributed by atoms with van der Waals surface area (Å²) in [5.41, 5.74) is 5.74. The van der Waals surface area contributed by atoms with Gasteiger partial charge in [-0.15, -0.1) is 0 Å². The van der Waals surface area contributed by atoms with Crippen LogP contribution in [0.15, 0.2) is 10.8 Å². The summed E-state index contributed by atoms with van der Waals surface area (Å²) >= 11 is 3.42. The lowest BCUT2D eigenvalue weighted by Crippen LogP contribution is -2.31. The smallest absolute Gasteiger partial charge is 0.148 e. The summed E-state index contributed by atoms with van der Waals surface area (Å²) in [5, 5.41) is 0. The molecule has 0 aliphatic carbocycles. The summed E-state index contributed by atoms with van der Waals surface area (Å²) in [6, 6.07) is 0. The SMILES string of the molecule is CN(CC1CCCOC1)c1ncnc(N)c1Br. The second-order valence-electron chi connectivity index (χ2n) is 4.36. The Balaban J connectivity index is 2.03. The first-order valence-electron chi connectivity index (χ1n) is 5.73. The quantitative estimate of drug-likeness (QED) is 0.920. The molecule has 0 radical (unpaired) electrons. The van der Waals surface area contributed by atoms with Crippen LogP contribution in [0.25, 0.3) is 0 Å². The lowest BCUT2D eigenvalue weighted by atomic mass is 10.0. The number of nitrogen functional groups attached to an aromatic ring is 1. The molecule has 0 aromatic carbocycles. The van der Waals surface area contributed by atoms with Gasteiger partial charge >= 0.3 is 0 Å². The molecule has 0 amide bonds. The Bertz CT molecular complexity index is 382. The van der Waals surface area contributed by atoms with Crippen LogP contribution in [0.1, 0.15) is 12.8 Å². The van der Waals surface area contributed by atoms with Crippen molar-refractivity contribution < 1.29 is 4.74 Å². The number of rotatable bonds is 3. The molecule has 17 heavy (non-hydrogen) atoms. The van der Waals surface area contributed by atoms with Crippen molar-refractivity contribution in [1.29, 1.82) is 0 Å². The number of nitrogens with zero attached hydrogens (tertiary/aromatic N) is 3. The zero-order chi connectivity index (χ0) is 12.3. The molecule has 0 saturated carbocycles. The summed E-state index contributed by atoms with van der Waals surface area (Å²) in [6.07, 6.45) is 3.84. The van der Waals surface area contributed by atoms with Gasteiger partial charge in [-0.05, 0) is 34.7 Å². The molecule has 2 heterocycles. The van der Waals surface area contributed by atoms with Crippen LogP contribution in [0.2, 0.25) is 0 Å². The first-order valence-corrected chi connectivity index (χ1v) is 6.52. The lowest BCUT2D eigenvalue weighted by molar-refractivity contribution is 0.0576. The molecule has 1 fully saturated rings. The van der Waals surface area contributed by atoms with E-state index in [1.54, 1.807) is 0 Å². The summed E-state index contributed by atoms with van der Waals surface area (Å²) in [4.78, 5) is 10.3. The molecule has 1 aromatic heterocycles. The minimum Gasteiger partial charge on any atom is -0.383 e. The van der Waals surface area contributed by atoms with E-state index in [4.69, 9.17) is 10.5 Å². The average Bonchev–Trinajstić information content (AvgIpc) is 2.34. The summed E-state index contributed by atoms with van der Waals surface area (Å²) in [6.45, 7) is 2.65. The Kier molecular flexibility index (Phi) is 4.17. The van der Waals surface area contributed by atoms with Gasteiger partial charge in [0, 0.05) is 20.2 Å². The number of aromatic nitrogens is 2. The maximum Gasteiger partial charge on any atom is 0.148 e. The van der Waals surface area contributed by atoms with Crippen LogP contribution in [0.4, 0.5) is 11.6 Å². The van der Waals surface area contributed by atoms with Gasteiger partial charge in [0.25, 0.3) is 0 Å². The second kappa shape index (κ2) is 5.64. The number of halogens is 1. The molecule has 1 saturated heterocycles.